The van der Waals surface area contributed by atoms with Crippen LogP contribution in [0.3, 0.4) is 0 Å². The normalized spacial score (nSPS) is 15.8. The van der Waals surface area contributed by atoms with Crippen molar-refractivity contribution in [1.82, 2.24) is 40.5 Å². The maximum atomic E-state index is 12.8. The molecule has 0 spiro atoms. The van der Waals surface area contributed by atoms with Crippen molar-refractivity contribution < 1.29 is 230 Å². The van der Waals surface area contributed by atoms with E-state index in [-0.39, 0.29) is 361 Å². The van der Waals surface area contributed by atoms with Crippen molar-refractivity contribution in [1.29, 1.82) is 0 Å². The van der Waals surface area contributed by atoms with Gasteiger partial charge in [0.15, 0.2) is 0 Å². The molecule has 0 aromatic heterocycles. The van der Waals surface area contributed by atoms with Crippen molar-refractivity contribution >= 4 is 191 Å². The topological polar surface area (TPSA) is 657 Å². The second kappa shape index (κ2) is 82.2. The van der Waals surface area contributed by atoms with Crippen LogP contribution in [0.5, 0.6) is 0 Å². The summed E-state index contributed by atoms with van der Waals surface area (Å²) in [6, 6.07) is 0. The Hall–Kier alpha value is -11.6. The van der Waals surface area contributed by atoms with E-state index in [0.717, 1.165) is 0 Å². The molecule has 0 saturated carbocycles. The molecule has 60 heteroatoms. The lowest BCUT2D eigenvalue weighted by atomic mass is 9.99. The quantitative estimate of drug-likeness (QED) is 0.0236. The molecule has 8 aliphatic rings. The maximum absolute atomic E-state index is 12.8. The molecule has 0 aromatic rings. The lowest BCUT2D eigenvalue weighted by Gasteiger charge is -2.35. The van der Waals surface area contributed by atoms with Gasteiger partial charge >= 0.3 is 49.2 Å². The van der Waals surface area contributed by atoms with Crippen molar-refractivity contribution in [3.63, 3.8) is 0 Å². The number of hydroxylamine groups is 16. The van der Waals surface area contributed by atoms with E-state index in [1.54, 1.807) is 0 Å². The van der Waals surface area contributed by atoms with Crippen molar-refractivity contribution in [2.24, 2.45) is 5.41 Å². The molecule has 4 atom stereocenters. The number of imide groups is 8. The van der Waals surface area contributed by atoms with Crippen LogP contribution >= 0.6 is 47.0 Å². The summed E-state index contributed by atoms with van der Waals surface area (Å²) < 4.78 is 88.8. The van der Waals surface area contributed by atoms with Crippen LogP contribution in [0.1, 0.15) is 222 Å². The first kappa shape index (κ1) is 155. The molecule has 0 N–H and O–H groups in total. The Kier molecular flexibility index (Phi) is 85.5. The largest absolute Gasteiger partial charge is 0.534 e. The van der Waals surface area contributed by atoms with Crippen molar-refractivity contribution in [2.75, 3.05) is 178 Å². The fourth-order valence-corrected chi connectivity index (χ4v) is 17.5. The zero-order chi connectivity index (χ0) is 96.2. The smallest absolute Gasteiger partial charge is 0.430 e. The van der Waals surface area contributed by atoms with E-state index in [9.17, 15) is 115 Å². The van der Waals surface area contributed by atoms with E-state index < -0.39 is 253 Å². The van der Waals surface area contributed by atoms with Gasteiger partial charge in [-0.15, -0.1) is 0 Å². The molecule has 0 bridgehead atoms. The minimum Gasteiger partial charge on any atom is -0.430 e. The van der Waals surface area contributed by atoms with Crippen LogP contribution in [0.4, 0.5) is 38.4 Å². The Bertz CT molecular complexity index is 3590. The van der Waals surface area contributed by atoms with Gasteiger partial charge in [-0.1, -0.05) is 159 Å². The number of carbonyl (C=O) groups is 24. The molecule has 4 unspecified atom stereocenters. The van der Waals surface area contributed by atoms with Gasteiger partial charge in [0.25, 0.3) is 94.5 Å². The SMILES string of the molecule is C.C.C.C.C.C.C.C.C.C.C.C.C.C.C.C.O=C(OCCOCC(CSCC(CSCC(COCCOC(=O)ON1C(=O)CCC1=O)OCCOC(=O)ON1C(=O)CCC1=O)(CSCC(COCCOC(=O)ON1C(=O)CCC1=O)OCCOC(=O)ON1C(=O)CCC1=O)CSCC(COCCOC(=O)ON1C(=O)CCC1=O)OCCOC(=O)ON1C(=O)CCC1=O)OCCOC(=O)ON1C(=O)CCC1=O)ON1C(=O)CCC1=O. The van der Waals surface area contributed by atoms with Gasteiger partial charge in [0.2, 0.25) is 0 Å². The van der Waals surface area contributed by atoms with Crippen LogP contribution in [0, 0.1) is 5.41 Å². The average Bonchev–Trinajstić information content (AvgIpc) is 1.66. The predicted molar refractivity (Wildman–Crippen MR) is 530 cm³/mol. The number of rotatable bonds is 60. The first-order chi connectivity index (χ1) is 63.8. The summed E-state index contributed by atoms with van der Waals surface area (Å²) in [7, 11) is 0. The summed E-state index contributed by atoms with van der Waals surface area (Å²) in [5.41, 5.74) is -1.11. The zero-order valence-electron chi connectivity index (χ0n) is 70.7. The van der Waals surface area contributed by atoms with Gasteiger partial charge < -0.3 is 75.8 Å². The Balaban J connectivity index is -0.00000175. The van der Waals surface area contributed by atoms with Crippen molar-refractivity contribution in [3.8, 4) is 0 Å². The molecule has 56 nitrogen and oxygen atoms in total. The molecule has 8 heterocycles. The number of nitrogens with zero attached hydrogens (tertiary/aromatic N) is 8. The number of hydrogen-bond acceptors (Lipinski definition) is 52. The third kappa shape index (κ3) is 54.6. The number of thioether (sulfide) groups is 4. The molecule has 0 radical (unpaired) electrons. The summed E-state index contributed by atoms with van der Waals surface area (Å²) in [5, 5.41) is 1.94. The summed E-state index contributed by atoms with van der Waals surface area (Å²) in [6.45, 7) is -9.09. The summed E-state index contributed by atoms with van der Waals surface area (Å²) in [4.78, 5) is 335. The molecule has 0 aliphatic carbocycles. The number of carbonyl (C=O) groups excluding carboxylic acids is 24. The Labute approximate surface area is 886 Å². The van der Waals surface area contributed by atoms with Gasteiger partial charge in [-0.3, -0.25) is 115 Å². The predicted octanol–water partition coefficient (Wildman–Crippen LogP) is 10.4. The molecule has 8 saturated heterocycles. The van der Waals surface area contributed by atoms with Gasteiger partial charge in [-0.2, -0.15) is 47.0 Å². The molecule has 8 aliphatic heterocycles. The highest BCUT2D eigenvalue weighted by Gasteiger charge is 2.42. The summed E-state index contributed by atoms with van der Waals surface area (Å²) >= 11 is 4.84. The molecular formula is C89H156N8O48S4. The second-order valence-electron chi connectivity index (χ2n) is 28.0. The molecule has 0 aromatic carbocycles. The number of amides is 16. The highest BCUT2D eigenvalue weighted by Crippen LogP contribution is 2.38. The van der Waals surface area contributed by atoms with Gasteiger partial charge in [0.1, 0.15) is 52.9 Å². The van der Waals surface area contributed by atoms with Crippen LogP contribution in [-0.4, -0.2) is 387 Å². The highest BCUT2D eigenvalue weighted by atomic mass is 32.2. The van der Waals surface area contributed by atoms with Crippen molar-refractivity contribution in [3.05, 3.63) is 0 Å². The summed E-state index contributed by atoms with van der Waals surface area (Å²) in [5.74, 6) is -13.0. The van der Waals surface area contributed by atoms with Crippen LogP contribution in [0.15, 0.2) is 0 Å². The Morgan fingerprint density at radius 2 is 0.302 bits per heavy atom. The number of ether oxygens (including phenoxy) is 16. The Morgan fingerprint density at radius 1 is 0.188 bits per heavy atom. The van der Waals surface area contributed by atoms with Gasteiger partial charge in [0, 0.05) is 154 Å². The van der Waals surface area contributed by atoms with Crippen LogP contribution in [0.25, 0.3) is 0 Å². The van der Waals surface area contributed by atoms with Crippen molar-refractivity contribution in [2.45, 2.75) is 246 Å². The molecule has 8 fully saturated rings. The minimum atomic E-state index is -1.46. The third-order valence-corrected chi connectivity index (χ3v) is 23.5. The van der Waals surface area contributed by atoms with Gasteiger partial charge in [-0.25, -0.2) is 38.4 Å². The lowest BCUT2D eigenvalue weighted by Crippen LogP contribution is -2.37. The molecule has 149 heavy (non-hydrogen) atoms. The Morgan fingerprint density at radius 3 is 0.423 bits per heavy atom. The average molecular weight is 2230 g/mol. The van der Waals surface area contributed by atoms with E-state index in [1.807, 2.05) is 0 Å². The van der Waals surface area contributed by atoms with Gasteiger partial charge in [-0.05, 0) is 0 Å². The minimum absolute atomic E-state index is 0. The zero-order valence-corrected chi connectivity index (χ0v) is 74.0. The standard InChI is InChI=1S/C73H92N8O48S4.16CH4/c82-49-1-2-50(83)74(49)122-65(98)114-21-17-106-33-45(110-25-29-118-69(102)126-78-57(90)9-10-58(78)91)37-130-41-73(42-131-38-46(111-26-30-119-70(103)127-79-59(92)11-12-60(79)93)34-107-18-22-115-66(99)123-75-51(84)3-4-52(75)85,43-132-39-47(112-27-31-120-71(104)128-80-61(94)13-14-62(80)95)35-108-19-23-116-67(100)124-76-53(86)5-6-54(76)87)44-133-40-48(113-28-32-121-72(105)129-81-63(96)15-16-64(81)97)36-109-20-24-117-68(101)125-77-55(88)7-8-56(77)89;;;;;;;;;;;;;;;;/h45-48H,1-44H2;16*1H4. The fraction of sp³-hybridized carbons (Fsp3) is 0.730. The van der Waals surface area contributed by atoms with Crippen LogP contribution < -0.4 is 0 Å². The number of hydrogen-bond donors (Lipinski definition) is 0. The lowest BCUT2D eigenvalue weighted by molar-refractivity contribution is -0.178. The van der Waals surface area contributed by atoms with E-state index >= 15 is 0 Å². The monoisotopic (exact) mass is 2230 g/mol. The molecule has 8 rings (SSSR count). The van der Waals surface area contributed by atoms with Crippen LogP contribution in [0.2, 0.25) is 0 Å². The fourth-order valence-electron chi connectivity index (χ4n) is 11.5. The third-order valence-electron chi connectivity index (χ3n) is 17.9. The molecule has 16 amide bonds. The highest BCUT2D eigenvalue weighted by molar-refractivity contribution is 8.02. The summed E-state index contributed by atoms with van der Waals surface area (Å²) in [6.07, 6.45) is -19.5. The van der Waals surface area contributed by atoms with Gasteiger partial charge in [0.05, 0.1) is 104 Å². The first-order valence-corrected chi connectivity index (χ1v) is 45.2. The van der Waals surface area contributed by atoms with E-state index in [4.69, 9.17) is 114 Å². The second-order valence-corrected chi connectivity index (χ2v) is 32.1. The maximum Gasteiger partial charge on any atom is 0.534 e. The first-order valence-electron chi connectivity index (χ1n) is 40.6. The van der Waals surface area contributed by atoms with E-state index in [2.05, 4.69) is 0 Å². The van der Waals surface area contributed by atoms with E-state index in [1.165, 1.54) is 47.0 Å². The molecular weight excluding hydrogens is 2080 g/mol. The molecule has 864 valence electrons. The van der Waals surface area contributed by atoms with Crippen LogP contribution in [-0.2, 0) is 191 Å². The van der Waals surface area contributed by atoms with E-state index in [0.29, 0.717) is 0 Å².